The van der Waals surface area contributed by atoms with E-state index in [0.717, 1.165) is 0 Å². The van der Waals surface area contributed by atoms with Gasteiger partial charge in [0.25, 0.3) is 0 Å². The minimum absolute atomic E-state index is 0.0439. The van der Waals surface area contributed by atoms with Gasteiger partial charge in [-0.15, -0.1) is 0 Å². The Morgan fingerprint density at radius 1 is 1.82 bits per heavy atom. The summed E-state index contributed by atoms with van der Waals surface area (Å²) in [5.41, 5.74) is 0.0439. The summed E-state index contributed by atoms with van der Waals surface area (Å²) in [4.78, 5) is 16.1. The molecule has 0 aliphatic rings. The van der Waals surface area contributed by atoms with Crippen LogP contribution in [0.1, 0.15) is 16.3 Å². The number of nitrogens with one attached hydrogen (secondary N) is 1. The first-order valence-electron chi connectivity index (χ1n) is 2.54. The fraction of sp³-hybridized carbons (Fsp3) is 0. The van der Waals surface area contributed by atoms with E-state index in [2.05, 4.69) is 25.9 Å². The minimum Gasteiger partial charge on any atom is -0.475 e. The van der Waals surface area contributed by atoms with E-state index in [1.807, 2.05) is 0 Å². The molecule has 0 aromatic carbocycles. The Hall–Kier alpha value is -1.35. The quantitative estimate of drug-likeness (QED) is 0.724. The van der Waals surface area contributed by atoms with Gasteiger partial charge in [0.1, 0.15) is 10.7 Å². The number of aromatic nitrogens is 2. The molecule has 0 aliphatic carbocycles. The van der Waals surface area contributed by atoms with E-state index in [9.17, 15) is 4.79 Å². The molecule has 2 N–H and O–H groups in total. The second kappa shape index (κ2) is 2.72. The van der Waals surface area contributed by atoms with Crippen molar-refractivity contribution < 1.29 is 9.90 Å². The molecule has 5 nitrogen and oxygen atoms in total. The van der Waals surface area contributed by atoms with Gasteiger partial charge in [0.2, 0.25) is 5.82 Å². The Labute approximate surface area is 69.8 Å². The zero-order chi connectivity index (χ0) is 8.43. The Morgan fingerprint density at radius 3 is 2.73 bits per heavy atom. The van der Waals surface area contributed by atoms with Crippen LogP contribution in [0, 0.1) is 11.3 Å². The minimum atomic E-state index is -1.19. The number of aromatic amines is 1. The highest BCUT2D eigenvalue weighted by Crippen LogP contribution is 2.11. The van der Waals surface area contributed by atoms with E-state index in [0.29, 0.717) is 0 Å². The highest BCUT2D eigenvalue weighted by molar-refractivity contribution is 9.10. The summed E-state index contributed by atoms with van der Waals surface area (Å²) < 4.78 is 0.289. The molecule has 0 fully saturated rings. The molecule has 0 bridgehead atoms. The summed E-state index contributed by atoms with van der Waals surface area (Å²) in [6.07, 6.45) is 0. The predicted octanol–water partition coefficient (Wildman–Crippen LogP) is 0.742. The highest BCUT2D eigenvalue weighted by atomic mass is 79.9. The molecule has 0 atom stereocenters. The molecule has 0 saturated carbocycles. The molecule has 0 amide bonds. The average Bonchev–Trinajstić information content (AvgIpc) is 2.31. The first kappa shape index (κ1) is 7.75. The normalized spacial score (nSPS) is 9.09. The van der Waals surface area contributed by atoms with E-state index in [1.54, 1.807) is 6.07 Å². The van der Waals surface area contributed by atoms with Gasteiger partial charge in [-0.1, -0.05) is 0 Å². The van der Waals surface area contributed by atoms with E-state index < -0.39 is 5.97 Å². The van der Waals surface area contributed by atoms with Gasteiger partial charge in [-0.05, 0) is 15.9 Å². The van der Waals surface area contributed by atoms with Crippen LogP contribution >= 0.6 is 15.9 Å². The van der Waals surface area contributed by atoms with Gasteiger partial charge in [-0.25, -0.2) is 9.78 Å². The molecule has 0 unspecified atom stereocenters. The number of carbonyl (C=O) groups is 1. The number of nitrogens with zero attached hydrogens (tertiary/aromatic N) is 2. The Balaban J connectivity index is 3.18. The van der Waals surface area contributed by atoms with Crippen LogP contribution in [0.4, 0.5) is 0 Å². The van der Waals surface area contributed by atoms with Crippen molar-refractivity contribution in [3.8, 4) is 6.07 Å². The van der Waals surface area contributed by atoms with Crippen LogP contribution in [-0.2, 0) is 0 Å². The summed E-state index contributed by atoms with van der Waals surface area (Å²) in [6.45, 7) is 0. The molecule has 1 aromatic heterocycles. The molecule has 11 heavy (non-hydrogen) atoms. The van der Waals surface area contributed by atoms with Gasteiger partial charge in [0, 0.05) is 0 Å². The summed E-state index contributed by atoms with van der Waals surface area (Å²) in [7, 11) is 0. The Morgan fingerprint density at radius 2 is 2.45 bits per heavy atom. The van der Waals surface area contributed by atoms with Gasteiger partial charge >= 0.3 is 5.97 Å². The number of nitriles is 1. The maximum absolute atomic E-state index is 10.3. The number of hydrogen-bond acceptors (Lipinski definition) is 3. The molecule has 56 valence electrons. The first-order chi connectivity index (χ1) is 5.15. The molecule has 0 radical (unpaired) electrons. The number of carboxylic acid groups (broad SMARTS) is 1. The van der Waals surface area contributed by atoms with Crippen molar-refractivity contribution in [2.24, 2.45) is 0 Å². The third-order valence-electron chi connectivity index (χ3n) is 0.968. The summed E-state index contributed by atoms with van der Waals surface area (Å²) in [5, 5.41) is 16.8. The number of hydrogen-bond donors (Lipinski definition) is 2. The number of halogens is 1. The van der Waals surface area contributed by atoms with Crippen LogP contribution in [0.2, 0.25) is 0 Å². The van der Waals surface area contributed by atoms with Crippen LogP contribution < -0.4 is 0 Å². The predicted molar refractivity (Wildman–Crippen MR) is 38.0 cm³/mol. The van der Waals surface area contributed by atoms with E-state index >= 15 is 0 Å². The number of H-pyrrole nitrogens is 1. The largest absolute Gasteiger partial charge is 0.475 e. The second-order valence-electron chi connectivity index (χ2n) is 1.66. The molecule has 1 rings (SSSR count). The molecular weight excluding hydrogens is 214 g/mol. The fourth-order valence-electron chi connectivity index (χ4n) is 0.527. The number of imidazole rings is 1. The SMILES string of the molecule is N#Cc1nc(C(=O)O)[nH]c1Br. The molecule has 0 aliphatic heterocycles. The standard InChI is InChI=1S/C5H2BrN3O2/c6-3-2(1-7)8-4(9-3)5(10)11/h(H,8,9)(H,10,11). The van der Waals surface area contributed by atoms with Crippen molar-refractivity contribution >= 4 is 21.9 Å². The van der Waals surface area contributed by atoms with E-state index in [-0.39, 0.29) is 16.1 Å². The number of aromatic carboxylic acids is 1. The van der Waals surface area contributed by atoms with Crippen LogP contribution in [0.15, 0.2) is 4.60 Å². The molecule has 6 heteroatoms. The summed E-state index contributed by atoms with van der Waals surface area (Å²) in [5.74, 6) is -1.43. The van der Waals surface area contributed by atoms with Crippen molar-refractivity contribution in [3.05, 3.63) is 16.1 Å². The molecular formula is C5H2BrN3O2. The lowest BCUT2D eigenvalue weighted by atomic mass is 10.5. The zero-order valence-corrected chi connectivity index (χ0v) is 6.71. The monoisotopic (exact) mass is 215 g/mol. The van der Waals surface area contributed by atoms with Gasteiger partial charge in [-0.2, -0.15) is 5.26 Å². The maximum atomic E-state index is 10.3. The molecule has 0 saturated heterocycles. The van der Waals surface area contributed by atoms with Gasteiger partial charge in [0.05, 0.1) is 0 Å². The maximum Gasteiger partial charge on any atom is 0.371 e. The van der Waals surface area contributed by atoms with Crippen molar-refractivity contribution in [3.63, 3.8) is 0 Å². The van der Waals surface area contributed by atoms with Gasteiger partial charge < -0.3 is 10.1 Å². The lowest BCUT2D eigenvalue weighted by Gasteiger charge is -1.80. The summed E-state index contributed by atoms with van der Waals surface area (Å²) >= 11 is 2.94. The Bertz CT molecular complexity index is 338. The molecule has 0 spiro atoms. The van der Waals surface area contributed by atoms with Crippen molar-refractivity contribution in [2.45, 2.75) is 0 Å². The van der Waals surface area contributed by atoms with Crippen molar-refractivity contribution in [1.82, 2.24) is 9.97 Å². The van der Waals surface area contributed by atoms with Gasteiger partial charge in [0.15, 0.2) is 5.69 Å². The third kappa shape index (κ3) is 1.38. The van der Waals surface area contributed by atoms with Crippen molar-refractivity contribution in [2.75, 3.05) is 0 Å². The summed E-state index contributed by atoms with van der Waals surface area (Å²) in [6, 6.07) is 1.72. The van der Waals surface area contributed by atoms with Crippen LogP contribution in [0.25, 0.3) is 0 Å². The number of rotatable bonds is 1. The van der Waals surface area contributed by atoms with Crippen LogP contribution in [0.5, 0.6) is 0 Å². The van der Waals surface area contributed by atoms with E-state index in [4.69, 9.17) is 10.4 Å². The van der Waals surface area contributed by atoms with Crippen molar-refractivity contribution in [1.29, 1.82) is 5.26 Å². The van der Waals surface area contributed by atoms with Gasteiger partial charge in [-0.3, -0.25) is 0 Å². The third-order valence-corrected chi connectivity index (χ3v) is 1.54. The Kier molecular flexibility index (Phi) is 1.92. The number of carboxylic acids is 1. The smallest absolute Gasteiger partial charge is 0.371 e. The van der Waals surface area contributed by atoms with E-state index in [1.165, 1.54) is 0 Å². The fourth-order valence-corrected chi connectivity index (χ4v) is 0.892. The lowest BCUT2D eigenvalue weighted by Crippen LogP contribution is -1.98. The van der Waals surface area contributed by atoms with Crippen LogP contribution in [-0.4, -0.2) is 21.0 Å². The molecule has 1 aromatic rings. The average molecular weight is 216 g/mol. The van der Waals surface area contributed by atoms with Crippen LogP contribution in [0.3, 0.4) is 0 Å². The zero-order valence-electron chi connectivity index (χ0n) is 5.13. The lowest BCUT2D eigenvalue weighted by molar-refractivity contribution is 0.0684. The second-order valence-corrected chi connectivity index (χ2v) is 2.46. The molecule has 1 heterocycles. The highest BCUT2D eigenvalue weighted by Gasteiger charge is 2.11. The topological polar surface area (TPSA) is 89.8 Å². The first-order valence-corrected chi connectivity index (χ1v) is 3.33.